The summed E-state index contributed by atoms with van der Waals surface area (Å²) in [7, 11) is -2.22. The van der Waals surface area contributed by atoms with E-state index in [2.05, 4.69) is 5.10 Å². The lowest BCUT2D eigenvalue weighted by atomic mass is 10.1. The predicted molar refractivity (Wildman–Crippen MR) is 72.2 cm³/mol. The molecule has 0 aliphatic rings. The SMILES string of the molecule is Cc1c(F)cc(C(=O)O)cc1S(=O)(=O)Cc1cnn(C)c1. The van der Waals surface area contributed by atoms with E-state index in [0.29, 0.717) is 5.56 Å². The number of aromatic nitrogens is 2. The summed E-state index contributed by atoms with van der Waals surface area (Å²) >= 11 is 0. The summed E-state index contributed by atoms with van der Waals surface area (Å²) in [6.45, 7) is 1.30. The van der Waals surface area contributed by atoms with E-state index in [1.165, 1.54) is 24.0 Å². The standard InChI is InChI=1S/C13H13FN2O4S/c1-8-11(14)3-10(13(17)18)4-12(8)21(19,20)7-9-5-15-16(2)6-9/h3-6H,7H2,1-2H3,(H,17,18). The van der Waals surface area contributed by atoms with E-state index in [1.807, 2.05) is 0 Å². The smallest absolute Gasteiger partial charge is 0.335 e. The van der Waals surface area contributed by atoms with E-state index < -0.39 is 27.2 Å². The van der Waals surface area contributed by atoms with Crippen LogP contribution in [-0.2, 0) is 22.6 Å². The average Bonchev–Trinajstić information content (AvgIpc) is 2.76. The quantitative estimate of drug-likeness (QED) is 0.925. The average molecular weight is 312 g/mol. The number of hydrogen-bond donors (Lipinski definition) is 1. The highest BCUT2D eigenvalue weighted by Gasteiger charge is 2.23. The van der Waals surface area contributed by atoms with Crippen molar-refractivity contribution in [2.45, 2.75) is 17.6 Å². The largest absolute Gasteiger partial charge is 0.478 e. The normalized spacial score (nSPS) is 11.6. The molecule has 0 bridgehead atoms. The minimum atomic E-state index is -3.87. The van der Waals surface area contributed by atoms with Gasteiger partial charge >= 0.3 is 5.97 Å². The Hall–Kier alpha value is -2.22. The van der Waals surface area contributed by atoms with E-state index in [1.54, 1.807) is 7.05 Å². The number of benzene rings is 1. The number of hydrogen-bond acceptors (Lipinski definition) is 4. The molecule has 1 aromatic heterocycles. The van der Waals surface area contributed by atoms with Gasteiger partial charge in [-0.3, -0.25) is 4.68 Å². The maximum Gasteiger partial charge on any atom is 0.335 e. The fraction of sp³-hybridized carbons (Fsp3) is 0.231. The van der Waals surface area contributed by atoms with Gasteiger partial charge < -0.3 is 5.11 Å². The van der Waals surface area contributed by atoms with Crippen LogP contribution in [0.3, 0.4) is 0 Å². The molecule has 0 atom stereocenters. The van der Waals surface area contributed by atoms with Crippen LogP contribution in [0, 0.1) is 12.7 Å². The molecule has 0 unspecified atom stereocenters. The second-order valence-corrected chi connectivity index (χ2v) is 6.63. The van der Waals surface area contributed by atoms with Crippen LogP contribution in [-0.4, -0.2) is 29.3 Å². The molecule has 0 amide bonds. The molecule has 2 rings (SSSR count). The first-order valence-electron chi connectivity index (χ1n) is 5.94. The number of rotatable bonds is 4. The van der Waals surface area contributed by atoms with Crippen LogP contribution in [0.25, 0.3) is 0 Å². The Morgan fingerprint density at radius 1 is 1.43 bits per heavy atom. The Morgan fingerprint density at radius 3 is 2.62 bits per heavy atom. The lowest BCUT2D eigenvalue weighted by Crippen LogP contribution is -2.10. The van der Waals surface area contributed by atoms with Crippen molar-refractivity contribution in [3.8, 4) is 0 Å². The Balaban J connectivity index is 2.51. The van der Waals surface area contributed by atoms with Gasteiger partial charge in [0.2, 0.25) is 0 Å². The van der Waals surface area contributed by atoms with E-state index in [4.69, 9.17) is 5.11 Å². The Morgan fingerprint density at radius 2 is 2.10 bits per heavy atom. The highest BCUT2D eigenvalue weighted by atomic mass is 32.2. The van der Waals surface area contributed by atoms with E-state index in [0.717, 1.165) is 12.1 Å². The maximum absolute atomic E-state index is 13.7. The van der Waals surface area contributed by atoms with Crippen molar-refractivity contribution in [1.29, 1.82) is 0 Å². The topological polar surface area (TPSA) is 89.3 Å². The van der Waals surface area contributed by atoms with Crippen LogP contribution in [0.1, 0.15) is 21.5 Å². The number of halogens is 1. The lowest BCUT2D eigenvalue weighted by molar-refractivity contribution is 0.0696. The van der Waals surface area contributed by atoms with Gasteiger partial charge in [-0.15, -0.1) is 0 Å². The molecule has 0 aliphatic carbocycles. The number of nitrogens with zero attached hydrogens (tertiary/aromatic N) is 2. The minimum Gasteiger partial charge on any atom is -0.478 e. The van der Waals surface area contributed by atoms with Gasteiger partial charge in [0.1, 0.15) is 5.82 Å². The highest BCUT2D eigenvalue weighted by Crippen LogP contribution is 2.24. The Bertz CT molecular complexity index is 812. The van der Waals surface area contributed by atoms with Crippen molar-refractivity contribution in [2.24, 2.45) is 7.05 Å². The van der Waals surface area contributed by atoms with Crippen LogP contribution in [0.15, 0.2) is 29.4 Å². The van der Waals surface area contributed by atoms with E-state index in [9.17, 15) is 17.6 Å². The highest BCUT2D eigenvalue weighted by molar-refractivity contribution is 7.90. The first-order chi connectivity index (χ1) is 9.70. The van der Waals surface area contributed by atoms with Crippen molar-refractivity contribution < 1.29 is 22.7 Å². The summed E-state index contributed by atoms with van der Waals surface area (Å²) in [5, 5.41) is 12.8. The molecule has 21 heavy (non-hydrogen) atoms. The summed E-state index contributed by atoms with van der Waals surface area (Å²) in [5.74, 6) is -2.61. The molecule has 0 saturated carbocycles. The minimum absolute atomic E-state index is 0.0936. The lowest BCUT2D eigenvalue weighted by Gasteiger charge is -2.09. The van der Waals surface area contributed by atoms with Crippen LogP contribution in [0.5, 0.6) is 0 Å². The molecule has 1 aromatic carbocycles. The van der Waals surface area contributed by atoms with Gasteiger partial charge in [0.05, 0.1) is 22.4 Å². The number of carbonyl (C=O) groups is 1. The van der Waals surface area contributed by atoms with Crippen LogP contribution >= 0.6 is 0 Å². The predicted octanol–water partition coefficient (Wildman–Crippen LogP) is 1.54. The zero-order chi connectivity index (χ0) is 15.8. The molecule has 0 spiro atoms. The van der Waals surface area contributed by atoms with Gasteiger partial charge in [-0.1, -0.05) is 0 Å². The summed E-state index contributed by atoms with van der Waals surface area (Å²) < 4.78 is 39.9. The first-order valence-corrected chi connectivity index (χ1v) is 7.59. The molecule has 0 fully saturated rings. The molecule has 1 N–H and O–H groups in total. The molecule has 2 aromatic rings. The number of sulfone groups is 1. The fourth-order valence-electron chi connectivity index (χ4n) is 1.94. The molecule has 0 aliphatic heterocycles. The zero-order valence-electron chi connectivity index (χ0n) is 11.4. The van der Waals surface area contributed by atoms with Crippen molar-refractivity contribution in [3.05, 3.63) is 47.0 Å². The fourth-order valence-corrected chi connectivity index (χ4v) is 3.56. The monoisotopic (exact) mass is 312 g/mol. The molecule has 112 valence electrons. The van der Waals surface area contributed by atoms with Crippen LogP contribution < -0.4 is 0 Å². The third-order valence-electron chi connectivity index (χ3n) is 2.99. The molecule has 0 saturated heterocycles. The number of carboxylic acid groups (broad SMARTS) is 1. The molecule has 0 radical (unpaired) electrons. The van der Waals surface area contributed by atoms with Crippen molar-refractivity contribution >= 4 is 15.8 Å². The summed E-state index contributed by atoms with van der Waals surface area (Å²) in [4.78, 5) is 10.6. The maximum atomic E-state index is 13.7. The van der Waals surface area contributed by atoms with Gasteiger partial charge in [0.15, 0.2) is 9.84 Å². The van der Waals surface area contributed by atoms with Crippen molar-refractivity contribution in [2.75, 3.05) is 0 Å². The van der Waals surface area contributed by atoms with Gasteiger partial charge in [-0.2, -0.15) is 5.10 Å². The van der Waals surface area contributed by atoms with Crippen LogP contribution in [0.2, 0.25) is 0 Å². The summed E-state index contributed by atoms with van der Waals surface area (Å²) in [6, 6.07) is 1.78. The number of aromatic carboxylic acids is 1. The summed E-state index contributed by atoms with van der Waals surface area (Å²) in [5.41, 5.74) is -0.0511. The van der Waals surface area contributed by atoms with Crippen molar-refractivity contribution in [1.82, 2.24) is 9.78 Å². The Kier molecular flexibility index (Phi) is 3.82. The molecular formula is C13H13FN2O4S. The molecule has 1 heterocycles. The van der Waals surface area contributed by atoms with E-state index in [-0.39, 0.29) is 16.2 Å². The number of carboxylic acids is 1. The molecule has 8 heteroatoms. The number of aryl methyl sites for hydroxylation is 1. The first kappa shape index (κ1) is 15.2. The second-order valence-electron chi connectivity index (χ2n) is 4.67. The van der Waals surface area contributed by atoms with Crippen LogP contribution in [0.4, 0.5) is 4.39 Å². The third kappa shape index (κ3) is 3.10. The summed E-state index contributed by atoms with van der Waals surface area (Å²) in [6.07, 6.45) is 2.93. The Labute approximate surface area is 120 Å². The third-order valence-corrected chi connectivity index (χ3v) is 4.80. The van der Waals surface area contributed by atoms with Gasteiger partial charge in [-0.05, 0) is 19.1 Å². The van der Waals surface area contributed by atoms with Gasteiger partial charge in [0, 0.05) is 24.4 Å². The zero-order valence-corrected chi connectivity index (χ0v) is 12.2. The molecule has 6 nitrogen and oxygen atoms in total. The van der Waals surface area contributed by atoms with Crippen molar-refractivity contribution in [3.63, 3.8) is 0 Å². The molecular weight excluding hydrogens is 299 g/mol. The van der Waals surface area contributed by atoms with Gasteiger partial charge in [-0.25, -0.2) is 17.6 Å². The van der Waals surface area contributed by atoms with Gasteiger partial charge in [0.25, 0.3) is 0 Å². The second kappa shape index (κ2) is 5.28. The van der Waals surface area contributed by atoms with E-state index >= 15 is 0 Å².